The second kappa shape index (κ2) is 9.34. The minimum Gasteiger partial charge on any atom is -0.463 e. The number of nitrogens with zero attached hydrogens (tertiary/aromatic N) is 1. The maximum absolute atomic E-state index is 12.9. The topological polar surface area (TPSA) is 131 Å². The van der Waals surface area contributed by atoms with E-state index >= 15 is 0 Å². The van der Waals surface area contributed by atoms with Crippen LogP contribution in [0.15, 0.2) is 24.3 Å². The number of aryl methyl sites for hydroxylation is 1. The Labute approximate surface area is 174 Å². The highest BCUT2D eigenvalue weighted by atomic mass is 16.6. The van der Waals surface area contributed by atoms with Crippen molar-refractivity contribution in [1.82, 2.24) is 10.3 Å². The summed E-state index contributed by atoms with van der Waals surface area (Å²) in [5.74, 6) is -1.36. The van der Waals surface area contributed by atoms with Gasteiger partial charge in [0.1, 0.15) is 5.69 Å². The number of para-hydroxylation sites is 1. The second-order valence-electron chi connectivity index (χ2n) is 7.27. The molecule has 1 unspecified atom stereocenters. The monoisotopic (exact) mass is 415 g/mol. The molecule has 2 rings (SSSR count). The Bertz CT molecular complexity index is 993. The molecule has 160 valence electrons. The van der Waals surface area contributed by atoms with Crippen molar-refractivity contribution in [3.05, 3.63) is 62.5 Å². The summed E-state index contributed by atoms with van der Waals surface area (Å²) >= 11 is 0. The molecule has 1 amide bonds. The molecule has 2 N–H and O–H groups in total. The van der Waals surface area contributed by atoms with Crippen LogP contribution >= 0.6 is 0 Å². The van der Waals surface area contributed by atoms with Crippen LogP contribution in [0.4, 0.5) is 5.69 Å². The van der Waals surface area contributed by atoms with Crippen LogP contribution in [0.25, 0.3) is 0 Å². The third-order valence-corrected chi connectivity index (χ3v) is 4.57. The first kappa shape index (κ1) is 22.8. The lowest BCUT2D eigenvalue weighted by Gasteiger charge is -2.19. The van der Waals surface area contributed by atoms with E-state index in [9.17, 15) is 24.5 Å². The highest BCUT2D eigenvalue weighted by Crippen LogP contribution is 2.28. The van der Waals surface area contributed by atoms with Crippen molar-refractivity contribution in [2.75, 3.05) is 0 Å². The molecule has 1 aromatic heterocycles. The van der Waals surface area contributed by atoms with E-state index in [2.05, 4.69) is 10.3 Å². The standard InChI is InChI=1S/C21H25N3O6/c1-11(2)30-18(26)10-16(15-8-6-7-9-17(15)24(28)29)23-21(27)20-12(3)19(14(5)25)13(4)22-20/h6-9,11,16,22H,10H2,1-5H3,(H,23,27). The van der Waals surface area contributed by atoms with Gasteiger partial charge in [-0.3, -0.25) is 24.5 Å². The lowest BCUT2D eigenvalue weighted by Crippen LogP contribution is -2.32. The van der Waals surface area contributed by atoms with E-state index in [1.54, 1.807) is 33.8 Å². The molecule has 1 heterocycles. The molecular formula is C21H25N3O6. The van der Waals surface area contributed by atoms with Crippen molar-refractivity contribution < 1.29 is 24.0 Å². The fourth-order valence-electron chi connectivity index (χ4n) is 3.40. The zero-order chi connectivity index (χ0) is 22.6. The zero-order valence-corrected chi connectivity index (χ0v) is 17.6. The van der Waals surface area contributed by atoms with Gasteiger partial charge in [0, 0.05) is 17.3 Å². The number of aromatic nitrogens is 1. The van der Waals surface area contributed by atoms with E-state index in [4.69, 9.17) is 4.74 Å². The second-order valence-corrected chi connectivity index (χ2v) is 7.27. The molecule has 0 saturated heterocycles. The fraction of sp³-hybridized carbons (Fsp3) is 0.381. The van der Waals surface area contributed by atoms with Gasteiger partial charge in [-0.15, -0.1) is 0 Å². The number of nitro groups is 1. The first-order valence-corrected chi connectivity index (χ1v) is 9.46. The van der Waals surface area contributed by atoms with Gasteiger partial charge in [-0.1, -0.05) is 18.2 Å². The smallest absolute Gasteiger partial charge is 0.308 e. The van der Waals surface area contributed by atoms with Crippen LogP contribution in [0, 0.1) is 24.0 Å². The first-order valence-electron chi connectivity index (χ1n) is 9.46. The molecule has 30 heavy (non-hydrogen) atoms. The number of ether oxygens (including phenoxy) is 1. The number of esters is 1. The number of nitro benzene ring substituents is 1. The van der Waals surface area contributed by atoms with Crippen LogP contribution < -0.4 is 5.32 Å². The zero-order valence-electron chi connectivity index (χ0n) is 17.6. The van der Waals surface area contributed by atoms with Crippen molar-refractivity contribution in [1.29, 1.82) is 0 Å². The molecule has 2 aromatic rings. The number of rotatable bonds is 8. The molecule has 9 nitrogen and oxygen atoms in total. The summed E-state index contributed by atoms with van der Waals surface area (Å²) in [6.45, 7) is 8.10. The van der Waals surface area contributed by atoms with Crippen LogP contribution in [0.1, 0.15) is 70.9 Å². The molecule has 1 aromatic carbocycles. The van der Waals surface area contributed by atoms with Crippen LogP contribution in [-0.4, -0.2) is 33.7 Å². The molecule has 9 heteroatoms. The highest BCUT2D eigenvalue weighted by Gasteiger charge is 2.28. The summed E-state index contributed by atoms with van der Waals surface area (Å²) in [6, 6.07) is 4.89. The van der Waals surface area contributed by atoms with Gasteiger partial charge >= 0.3 is 5.97 Å². The maximum Gasteiger partial charge on any atom is 0.308 e. The van der Waals surface area contributed by atoms with Crippen molar-refractivity contribution >= 4 is 23.3 Å². The predicted molar refractivity (Wildman–Crippen MR) is 109 cm³/mol. The number of Topliss-reactive ketones (excluding diaryl/α,β-unsaturated/α-hetero) is 1. The number of hydrogen-bond donors (Lipinski definition) is 2. The summed E-state index contributed by atoms with van der Waals surface area (Å²) < 4.78 is 5.16. The Morgan fingerprint density at radius 3 is 2.37 bits per heavy atom. The van der Waals surface area contributed by atoms with Crippen LogP contribution in [-0.2, 0) is 9.53 Å². The van der Waals surface area contributed by atoms with E-state index in [1.165, 1.54) is 25.1 Å². The molecule has 0 saturated carbocycles. The van der Waals surface area contributed by atoms with Gasteiger partial charge in [-0.25, -0.2) is 0 Å². The number of carbonyl (C=O) groups is 3. The lowest BCUT2D eigenvalue weighted by molar-refractivity contribution is -0.385. The quantitative estimate of drug-likeness (QED) is 0.293. The molecule has 0 spiro atoms. The summed E-state index contributed by atoms with van der Waals surface area (Å²) in [5, 5.41) is 14.1. The average Bonchev–Trinajstić information content (AvgIpc) is 2.94. The summed E-state index contributed by atoms with van der Waals surface area (Å²) in [6.07, 6.45) is -0.654. The number of hydrogen-bond acceptors (Lipinski definition) is 6. The van der Waals surface area contributed by atoms with Gasteiger partial charge in [-0.05, 0) is 40.2 Å². The number of ketones is 1. The number of H-pyrrole nitrogens is 1. The average molecular weight is 415 g/mol. The Morgan fingerprint density at radius 1 is 1.20 bits per heavy atom. The minimum atomic E-state index is -0.992. The largest absolute Gasteiger partial charge is 0.463 e. The van der Waals surface area contributed by atoms with Crippen molar-refractivity contribution in [3.8, 4) is 0 Å². The van der Waals surface area contributed by atoms with Gasteiger partial charge in [0.05, 0.1) is 29.1 Å². The van der Waals surface area contributed by atoms with Crippen molar-refractivity contribution in [3.63, 3.8) is 0 Å². The normalized spacial score (nSPS) is 11.8. The van der Waals surface area contributed by atoms with Crippen LogP contribution in [0.2, 0.25) is 0 Å². The van der Waals surface area contributed by atoms with Crippen molar-refractivity contribution in [2.45, 2.75) is 53.2 Å². The molecule has 0 aliphatic heterocycles. The van der Waals surface area contributed by atoms with E-state index in [-0.39, 0.29) is 35.3 Å². The molecule has 0 bridgehead atoms. The Hall–Kier alpha value is -3.49. The molecule has 0 aliphatic carbocycles. The number of aromatic amines is 1. The molecule has 0 aliphatic rings. The van der Waals surface area contributed by atoms with E-state index in [1.807, 2.05) is 0 Å². The van der Waals surface area contributed by atoms with Gasteiger partial charge in [0.25, 0.3) is 11.6 Å². The van der Waals surface area contributed by atoms with E-state index < -0.39 is 22.8 Å². The van der Waals surface area contributed by atoms with Gasteiger partial charge < -0.3 is 15.0 Å². The number of amides is 1. The third-order valence-electron chi connectivity index (χ3n) is 4.57. The van der Waals surface area contributed by atoms with E-state index in [0.717, 1.165) is 0 Å². The summed E-state index contributed by atoms with van der Waals surface area (Å²) in [4.78, 5) is 50.8. The highest BCUT2D eigenvalue weighted by molar-refractivity contribution is 6.02. The maximum atomic E-state index is 12.9. The molecule has 0 radical (unpaired) electrons. The summed E-state index contributed by atoms with van der Waals surface area (Å²) in [5.41, 5.74) is 1.57. The van der Waals surface area contributed by atoms with Gasteiger partial charge in [0.2, 0.25) is 0 Å². The van der Waals surface area contributed by atoms with Crippen LogP contribution in [0.5, 0.6) is 0 Å². The number of carbonyl (C=O) groups excluding carboxylic acids is 3. The Kier molecular flexibility index (Phi) is 7.10. The van der Waals surface area contributed by atoms with Gasteiger partial charge in [-0.2, -0.15) is 0 Å². The number of nitrogens with one attached hydrogen (secondary N) is 2. The minimum absolute atomic E-state index is 0.165. The number of benzene rings is 1. The predicted octanol–water partition coefficient (Wildman–Crippen LogP) is 3.56. The Balaban J connectivity index is 2.42. The van der Waals surface area contributed by atoms with Crippen LogP contribution in [0.3, 0.4) is 0 Å². The fourth-order valence-corrected chi connectivity index (χ4v) is 3.40. The Morgan fingerprint density at radius 2 is 1.83 bits per heavy atom. The first-order chi connectivity index (χ1) is 14.0. The summed E-state index contributed by atoms with van der Waals surface area (Å²) in [7, 11) is 0. The third kappa shape index (κ3) is 5.11. The van der Waals surface area contributed by atoms with Gasteiger partial charge in [0.15, 0.2) is 5.78 Å². The molecular weight excluding hydrogens is 390 g/mol. The molecule has 1 atom stereocenters. The van der Waals surface area contributed by atoms with Crippen molar-refractivity contribution in [2.24, 2.45) is 0 Å². The van der Waals surface area contributed by atoms with E-state index in [0.29, 0.717) is 16.8 Å². The lowest BCUT2D eigenvalue weighted by atomic mass is 10.0. The SMILES string of the molecule is CC(=O)c1c(C)[nH]c(C(=O)NC(CC(=O)OC(C)C)c2ccccc2[N+](=O)[O-])c1C. The molecule has 0 fully saturated rings.